The van der Waals surface area contributed by atoms with Gasteiger partial charge in [-0.15, -0.1) is 12.4 Å². The molecule has 0 radical (unpaired) electrons. The molecule has 1 heterocycles. The van der Waals surface area contributed by atoms with Gasteiger partial charge in [0.15, 0.2) is 0 Å². The van der Waals surface area contributed by atoms with Gasteiger partial charge in [-0.3, -0.25) is 0 Å². The first kappa shape index (κ1) is 15.1. The molecule has 0 aromatic heterocycles. The van der Waals surface area contributed by atoms with Crippen LogP contribution in [0.2, 0.25) is 5.02 Å². The van der Waals surface area contributed by atoms with Crippen LogP contribution in [-0.2, 0) is 4.74 Å². The number of nitrogens with two attached hydrogens (primary N) is 1. The third-order valence-corrected chi connectivity index (χ3v) is 3.33. The van der Waals surface area contributed by atoms with E-state index < -0.39 is 6.29 Å². The van der Waals surface area contributed by atoms with Crippen LogP contribution in [0.25, 0.3) is 0 Å². The van der Waals surface area contributed by atoms with Gasteiger partial charge in [0.1, 0.15) is 11.9 Å². The number of fused-ring (bicyclic) bond motifs is 1. The fraction of sp³-hybridized carbons (Fsp3) is 0.200. The third kappa shape index (κ3) is 2.91. The maximum atomic E-state index is 6.06. The summed E-state index contributed by atoms with van der Waals surface area (Å²) in [5.74, 6) is 0.778. The van der Waals surface area contributed by atoms with Crippen molar-refractivity contribution in [2.75, 3.05) is 6.54 Å². The Labute approximate surface area is 129 Å². The molecule has 0 amide bonds. The van der Waals surface area contributed by atoms with E-state index >= 15 is 0 Å². The van der Waals surface area contributed by atoms with Crippen LogP contribution in [0.4, 0.5) is 0 Å². The fourth-order valence-corrected chi connectivity index (χ4v) is 2.40. The molecule has 5 heteroatoms. The summed E-state index contributed by atoms with van der Waals surface area (Å²) in [7, 11) is 0. The lowest BCUT2D eigenvalue weighted by Gasteiger charge is -2.32. The van der Waals surface area contributed by atoms with E-state index in [0.29, 0.717) is 11.6 Å². The average Bonchev–Trinajstić information content (AvgIpc) is 2.47. The molecule has 2 aromatic carbocycles. The molecule has 0 unspecified atom stereocenters. The van der Waals surface area contributed by atoms with E-state index in [9.17, 15) is 0 Å². The summed E-state index contributed by atoms with van der Waals surface area (Å²) >= 11 is 6.06. The van der Waals surface area contributed by atoms with E-state index in [1.165, 1.54) is 0 Å². The van der Waals surface area contributed by atoms with Crippen molar-refractivity contribution < 1.29 is 9.47 Å². The van der Waals surface area contributed by atoms with Crippen molar-refractivity contribution in [3.63, 3.8) is 0 Å². The van der Waals surface area contributed by atoms with Gasteiger partial charge in [-0.05, 0) is 23.8 Å². The van der Waals surface area contributed by atoms with Crippen LogP contribution >= 0.6 is 24.0 Å². The van der Waals surface area contributed by atoms with E-state index in [4.69, 9.17) is 26.8 Å². The summed E-state index contributed by atoms with van der Waals surface area (Å²) in [4.78, 5) is 0. The predicted octanol–water partition coefficient (Wildman–Crippen LogP) is 3.55. The van der Waals surface area contributed by atoms with Gasteiger partial charge in [0.05, 0.1) is 6.54 Å². The standard InChI is InChI=1S/C15H14ClNO2.ClH/c16-11-6-7-13-12(8-11)15(19-14(9-17)18-13)10-4-2-1-3-5-10;/h1-8,14-15H,9,17H2;1H/t14-,15+;/m0./s1. The lowest BCUT2D eigenvalue weighted by molar-refractivity contribution is -0.120. The van der Waals surface area contributed by atoms with Gasteiger partial charge >= 0.3 is 0 Å². The van der Waals surface area contributed by atoms with E-state index in [1.807, 2.05) is 42.5 Å². The van der Waals surface area contributed by atoms with Gasteiger partial charge in [-0.1, -0.05) is 41.9 Å². The third-order valence-electron chi connectivity index (χ3n) is 3.10. The minimum Gasteiger partial charge on any atom is -0.463 e. The maximum Gasteiger partial charge on any atom is 0.213 e. The van der Waals surface area contributed by atoms with Crippen LogP contribution in [-0.4, -0.2) is 12.8 Å². The lowest BCUT2D eigenvalue weighted by atomic mass is 9.99. The van der Waals surface area contributed by atoms with E-state index in [-0.39, 0.29) is 18.5 Å². The molecule has 0 fully saturated rings. The number of hydrogen-bond acceptors (Lipinski definition) is 3. The summed E-state index contributed by atoms with van der Waals surface area (Å²) in [6, 6.07) is 15.5. The van der Waals surface area contributed by atoms with Gasteiger partial charge in [-0.2, -0.15) is 0 Å². The lowest BCUT2D eigenvalue weighted by Crippen LogP contribution is -2.35. The van der Waals surface area contributed by atoms with E-state index in [0.717, 1.165) is 16.9 Å². The highest BCUT2D eigenvalue weighted by atomic mass is 35.5. The van der Waals surface area contributed by atoms with Gasteiger partial charge in [0, 0.05) is 10.6 Å². The second-order valence-electron chi connectivity index (χ2n) is 4.39. The Balaban J connectivity index is 0.00000147. The number of ether oxygens (including phenoxy) is 2. The highest BCUT2D eigenvalue weighted by molar-refractivity contribution is 6.30. The van der Waals surface area contributed by atoms with Crippen molar-refractivity contribution in [3.8, 4) is 5.75 Å². The molecule has 3 rings (SSSR count). The van der Waals surface area contributed by atoms with Crippen LogP contribution in [0, 0.1) is 0 Å². The van der Waals surface area contributed by atoms with Crippen LogP contribution in [0.3, 0.4) is 0 Å². The Morgan fingerprint density at radius 2 is 1.85 bits per heavy atom. The van der Waals surface area contributed by atoms with Crippen molar-refractivity contribution >= 4 is 24.0 Å². The van der Waals surface area contributed by atoms with Gasteiger partial charge in [0.2, 0.25) is 6.29 Å². The normalized spacial score (nSPS) is 20.5. The monoisotopic (exact) mass is 311 g/mol. The van der Waals surface area contributed by atoms with Crippen molar-refractivity contribution in [3.05, 3.63) is 64.7 Å². The Kier molecular flexibility index (Phi) is 4.89. The van der Waals surface area contributed by atoms with Crippen molar-refractivity contribution in [2.24, 2.45) is 5.73 Å². The molecule has 2 N–H and O–H groups in total. The van der Waals surface area contributed by atoms with Gasteiger partial charge in [-0.25, -0.2) is 0 Å². The molecule has 1 aliphatic rings. The zero-order chi connectivity index (χ0) is 13.2. The van der Waals surface area contributed by atoms with Crippen LogP contribution < -0.4 is 10.5 Å². The highest BCUT2D eigenvalue weighted by Crippen LogP contribution is 2.39. The zero-order valence-electron chi connectivity index (χ0n) is 10.7. The zero-order valence-corrected chi connectivity index (χ0v) is 12.2. The molecule has 0 saturated heterocycles. The Morgan fingerprint density at radius 1 is 1.10 bits per heavy atom. The van der Waals surface area contributed by atoms with Crippen LogP contribution in [0.5, 0.6) is 5.75 Å². The van der Waals surface area contributed by atoms with E-state index in [2.05, 4.69) is 0 Å². The topological polar surface area (TPSA) is 44.5 Å². The average molecular weight is 312 g/mol. The first-order valence-corrected chi connectivity index (χ1v) is 6.52. The smallest absolute Gasteiger partial charge is 0.213 e. The summed E-state index contributed by atoms with van der Waals surface area (Å²) in [6.07, 6.45) is -0.629. The molecule has 2 atom stereocenters. The minimum absolute atomic E-state index is 0. The van der Waals surface area contributed by atoms with Gasteiger partial charge < -0.3 is 15.2 Å². The molecule has 1 aliphatic heterocycles. The molecule has 2 aromatic rings. The number of hydrogen-bond donors (Lipinski definition) is 1. The number of rotatable bonds is 2. The molecule has 3 nitrogen and oxygen atoms in total. The summed E-state index contributed by atoms with van der Waals surface area (Å²) in [5.41, 5.74) is 7.65. The summed E-state index contributed by atoms with van der Waals surface area (Å²) in [5, 5.41) is 0.665. The fourth-order valence-electron chi connectivity index (χ4n) is 2.22. The van der Waals surface area contributed by atoms with Crippen LogP contribution in [0.15, 0.2) is 48.5 Å². The minimum atomic E-state index is -0.432. The summed E-state index contributed by atoms with van der Waals surface area (Å²) in [6.45, 7) is 0.311. The molecule has 0 aliphatic carbocycles. The Morgan fingerprint density at radius 3 is 2.55 bits per heavy atom. The van der Waals surface area contributed by atoms with Crippen molar-refractivity contribution in [2.45, 2.75) is 12.4 Å². The molecule has 20 heavy (non-hydrogen) atoms. The molecule has 106 valence electrons. The first-order valence-electron chi connectivity index (χ1n) is 6.14. The largest absolute Gasteiger partial charge is 0.463 e. The second-order valence-corrected chi connectivity index (χ2v) is 4.83. The highest BCUT2D eigenvalue weighted by Gasteiger charge is 2.29. The van der Waals surface area contributed by atoms with E-state index in [1.54, 1.807) is 6.07 Å². The van der Waals surface area contributed by atoms with Crippen molar-refractivity contribution in [1.29, 1.82) is 0 Å². The second kappa shape index (κ2) is 6.46. The molecule has 0 bridgehead atoms. The number of halogens is 2. The predicted molar refractivity (Wildman–Crippen MR) is 81.5 cm³/mol. The van der Waals surface area contributed by atoms with Gasteiger partial charge in [0.25, 0.3) is 0 Å². The quantitative estimate of drug-likeness (QED) is 0.922. The Bertz CT molecular complexity index is 577. The first-order chi connectivity index (χ1) is 9.28. The molecular formula is C15H15Cl2NO2. The van der Waals surface area contributed by atoms with Crippen molar-refractivity contribution in [1.82, 2.24) is 0 Å². The van der Waals surface area contributed by atoms with Crippen LogP contribution in [0.1, 0.15) is 17.2 Å². The molecular weight excluding hydrogens is 297 g/mol. The Hall–Kier alpha value is -1.26. The summed E-state index contributed by atoms with van der Waals surface area (Å²) < 4.78 is 11.6. The molecule has 0 spiro atoms. The molecule has 0 saturated carbocycles. The maximum absolute atomic E-state index is 6.06. The number of benzene rings is 2. The SMILES string of the molecule is Cl.NC[C@H]1Oc2ccc(Cl)cc2[C@@H](c2ccccc2)O1.